The van der Waals surface area contributed by atoms with Crippen LogP contribution < -0.4 is 5.32 Å². The topological polar surface area (TPSA) is 21.3 Å². The Labute approximate surface area is 63.0 Å². The van der Waals surface area contributed by atoms with E-state index in [4.69, 9.17) is 4.74 Å². The van der Waals surface area contributed by atoms with Crippen molar-refractivity contribution in [2.45, 2.75) is 31.7 Å². The lowest BCUT2D eigenvalue weighted by Gasteiger charge is -2.13. The maximum Gasteiger partial charge on any atom is 0.0615 e. The fourth-order valence-corrected chi connectivity index (χ4v) is 1.44. The summed E-state index contributed by atoms with van der Waals surface area (Å²) in [6, 6.07) is 0.618. The molecule has 0 saturated carbocycles. The molecule has 1 atom stereocenters. The van der Waals surface area contributed by atoms with Crippen LogP contribution in [-0.4, -0.2) is 26.3 Å². The second-order valence-corrected chi connectivity index (χ2v) is 2.96. The Morgan fingerprint density at radius 1 is 1.40 bits per heavy atom. The minimum atomic E-state index is 0.618. The first kappa shape index (κ1) is 8.02. The monoisotopic (exact) mass is 143 g/mol. The van der Waals surface area contributed by atoms with Gasteiger partial charge in [0, 0.05) is 13.2 Å². The van der Waals surface area contributed by atoms with Gasteiger partial charge in [-0.3, -0.25) is 0 Å². The molecule has 10 heavy (non-hydrogen) atoms. The van der Waals surface area contributed by atoms with Crippen molar-refractivity contribution >= 4 is 0 Å². The van der Waals surface area contributed by atoms with Gasteiger partial charge in [0.25, 0.3) is 0 Å². The fraction of sp³-hybridized carbons (Fsp3) is 1.00. The van der Waals surface area contributed by atoms with E-state index in [9.17, 15) is 0 Å². The summed E-state index contributed by atoms with van der Waals surface area (Å²) < 4.78 is 5.07. The van der Waals surface area contributed by atoms with E-state index in [0.717, 1.165) is 6.61 Å². The van der Waals surface area contributed by atoms with Crippen LogP contribution in [0.2, 0.25) is 0 Å². The number of rotatable bonds is 2. The van der Waals surface area contributed by atoms with Crippen LogP contribution in [0.5, 0.6) is 0 Å². The summed E-state index contributed by atoms with van der Waals surface area (Å²) in [4.78, 5) is 0. The van der Waals surface area contributed by atoms with Gasteiger partial charge in [0.05, 0.1) is 6.61 Å². The standard InChI is InChI=1S/C8H17NO/c1-10-7-8-5-3-2-4-6-9-8/h8-9H,2-7H2,1H3. The molecule has 0 aromatic heterocycles. The summed E-state index contributed by atoms with van der Waals surface area (Å²) in [5, 5.41) is 3.46. The first-order valence-corrected chi connectivity index (χ1v) is 4.16. The summed E-state index contributed by atoms with van der Waals surface area (Å²) in [6.07, 6.45) is 5.36. The molecule has 0 spiro atoms. The predicted molar refractivity (Wildman–Crippen MR) is 42.1 cm³/mol. The smallest absolute Gasteiger partial charge is 0.0615 e. The number of ether oxygens (including phenoxy) is 1. The maximum absolute atomic E-state index is 5.07. The molecule has 1 saturated heterocycles. The largest absolute Gasteiger partial charge is 0.383 e. The molecule has 1 fully saturated rings. The minimum absolute atomic E-state index is 0.618. The van der Waals surface area contributed by atoms with Crippen LogP contribution in [0.15, 0.2) is 0 Å². The number of nitrogens with one attached hydrogen (secondary N) is 1. The van der Waals surface area contributed by atoms with Gasteiger partial charge in [-0.05, 0) is 19.4 Å². The second kappa shape index (κ2) is 4.69. The second-order valence-electron chi connectivity index (χ2n) is 2.96. The van der Waals surface area contributed by atoms with Crippen LogP contribution in [0, 0.1) is 0 Å². The summed E-state index contributed by atoms with van der Waals surface area (Å²) >= 11 is 0. The Morgan fingerprint density at radius 2 is 2.30 bits per heavy atom. The summed E-state index contributed by atoms with van der Waals surface area (Å²) in [5.41, 5.74) is 0. The molecule has 1 N–H and O–H groups in total. The van der Waals surface area contributed by atoms with E-state index in [1.54, 1.807) is 7.11 Å². The fourth-order valence-electron chi connectivity index (χ4n) is 1.44. The molecule has 1 aliphatic rings. The third-order valence-electron chi connectivity index (χ3n) is 2.03. The molecule has 60 valence electrons. The van der Waals surface area contributed by atoms with Gasteiger partial charge < -0.3 is 10.1 Å². The van der Waals surface area contributed by atoms with Gasteiger partial charge in [-0.2, -0.15) is 0 Å². The summed E-state index contributed by atoms with van der Waals surface area (Å²) in [6.45, 7) is 2.05. The van der Waals surface area contributed by atoms with Crippen LogP contribution in [0.25, 0.3) is 0 Å². The number of hydrogen-bond donors (Lipinski definition) is 1. The molecule has 2 nitrogen and oxygen atoms in total. The van der Waals surface area contributed by atoms with Crippen molar-refractivity contribution < 1.29 is 4.74 Å². The summed E-state index contributed by atoms with van der Waals surface area (Å²) in [5.74, 6) is 0. The highest BCUT2D eigenvalue weighted by Gasteiger charge is 2.09. The van der Waals surface area contributed by atoms with E-state index >= 15 is 0 Å². The van der Waals surface area contributed by atoms with Crippen molar-refractivity contribution in [2.75, 3.05) is 20.3 Å². The van der Waals surface area contributed by atoms with Crippen LogP contribution in [0.1, 0.15) is 25.7 Å². The van der Waals surface area contributed by atoms with E-state index in [-0.39, 0.29) is 0 Å². The Balaban J connectivity index is 2.15. The molecule has 1 rings (SSSR count). The number of hydrogen-bond acceptors (Lipinski definition) is 2. The van der Waals surface area contributed by atoms with Crippen molar-refractivity contribution in [3.63, 3.8) is 0 Å². The minimum Gasteiger partial charge on any atom is -0.383 e. The zero-order chi connectivity index (χ0) is 7.23. The average Bonchev–Trinajstić information content (AvgIpc) is 2.17. The van der Waals surface area contributed by atoms with Crippen molar-refractivity contribution in [1.29, 1.82) is 0 Å². The molecular formula is C8H17NO. The molecule has 0 aromatic carbocycles. The average molecular weight is 143 g/mol. The van der Waals surface area contributed by atoms with Gasteiger partial charge in [-0.1, -0.05) is 12.8 Å². The zero-order valence-electron chi connectivity index (χ0n) is 6.73. The Kier molecular flexibility index (Phi) is 3.76. The van der Waals surface area contributed by atoms with Crippen LogP contribution in [0.4, 0.5) is 0 Å². The Hall–Kier alpha value is -0.0800. The summed E-state index contributed by atoms with van der Waals surface area (Å²) in [7, 11) is 1.77. The maximum atomic E-state index is 5.07. The van der Waals surface area contributed by atoms with Crippen molar-refractivity contribution in [1.82, 2.24) is 5.32 Å². The zero-order valence-corrected chi connectivity index (χ0v) is 6.73. The van der Waals surface area contributed by atoms with E-state index in [2.05, 4.69) is 5.32 Å². The van der Waals surface area contributed by atoms with Gasteiger partial charge in [0.2, 0.25) is 0 Å². The van der Waals surface area contributed by atoms with Gasteiger partial charge in [0.1, 0.15) is 0 Å². The Bertz CT molecular complexity index is 77.3. The van der Waals surface area contributed by atoms with Crippen molar-refractivity contribution in [3.05, 3.63) is 0 Å². The molecule has 1 aliphatic heterocycles. The quantitative estimate of drug-likeness (QED) is 0.626. The van der Waals surface area contributed by atoms with E-state index in [1.165, 1.54) is 32.2 Å². The molecule has 1 unspecified atom stereocenters. The molecular weight excluding hydrogens is 126 g/mol. The number of methoxy groups -OCH3 is 1. The molecule has 0 aromatic rings. The van der Waals surface area contributed by atoms with Gasteiger partial charge in [-0.15, -0.1) is 0 Å². The molecule has 0 aliphatic carbocycles. The van der Waals surface area contributed by atoms with E-state index < -0.39 is 0 Å². The Morgan fingerprint density at radius 3 is 3.10 bits per heavy atom. The first-order chi connectivity index (χ1) is 4.93. The highest BCUT2D eigenvalue weighted by atomic mass is 16.5. The van der Waals surface area contributed by atoms with E-state index in [1.807, 2.05) is 0 Å². The SMILES string of the molecule is COCC1CCCCCN1. The lowest BCUT2D eigenvalue weighted by molar-refractivity contribution is 0.165. The molecule has 0 amide bonds. The van der Waals surface area contributed by atoms with E-state index in [0.29, 0.717) is 6.04 Å². The normalized spacial score (nSPS) is 27.9. The van der Waals surface area contributed by atoms with Gasteiger partial charge in [0.15, 0.2) is 0 Å². The lowest BCUT2D eigenvalue weighted by Crippen LogP contribution is -2.32. The predicted octanol–water partition coefficient (Wildman–Crippen LogP) is 1.17. The van der Waals surface area contributed by atoms with Crippen LogP contribution >= 0.6 is 0 Å². The molecule has 1 heterocycles. The molecule has 0 radical (unpaired) electrons. The molecule has 2 heteroatoms. The lowest BCUT2D eigenvalue weighted by atomic mass is 10.1. The van der Waals surface area contributed by atoms with Gasteiger partial charge >= 0.3 is 0 Å². The van der Waals surface area contributed by atoms with Gasteiger partial charge in [-0.25, -0.2) is 0 Å². The first-order valence-electron chi connectivity index (χ1n) is 4.16. The highest BCUT2D eigenvalue weighted by Crippen LogP contribution is 2.07. The van der Waals surface area contributed by atoms with Crippen LogP contribution in [0.3, 0.4) is 0 Å². The van der Waals surface area contributed by atoms with Crippen molar-refractivity contribution in [2.24, 2.45) is 0 Å². The highest BCUT2D eigenvalue weighted by molar-refractivity contribution is 4.69. The van der Waals surface area contributed by atoms with Crippen LogP contribution in [-0.2, 0) is 4.74 Å². The third kappa shape index (κ3) is 2.67. The third-order valence-corrected chi connectivity index (χ3v) is 2.03. The van der Waals surface area contributed by atoms with Crippen molar-refractivity contribution in [3.8, 4) is 0 Å². The molecule has 0 bridgehead atoms.